The summed E-state index contributed by atoms with van der Waals surface area (Å²) in [4.78, 5) is 18.5. The number of rotatable bonds is 26. The van der Waals surface area contributed by atoms with E-state index in [-0.39, 0.29) is 0 Å². The Hall–Kier alpha value is -1.96. The monoisotopic (exact) mass is 758 g/mol. The summed E-state index contributed by atoms with van der Waals surface area (Å²) in [6.45, 7) is 18.0. The smallest absolute Gasteiger partial charge is 0.302 e. The summed E-state index contributed by atoms with van der Waals surface area (Å²) in [7, 11) is -10.4. The van der Waals surface area contributed by atoms with Gasteiger partial charge in [-0.15, -0.1) is 0 Å². The van der Waals surface area contributed by atoms with Crippen LogP contribution < -0.4 is 0 Å². The highest BCUT2D eigenvalue weighted by Gasteiger charge is 2.37. The maximum Gasteiger partial charge on any atom is 0.484 e. The Labute approximate surface area is 308 Å². The first-order valence-corrected chi connectivity index (χ1v) is 21.0. The molecule has 2 N–H and O–H groups in total. The van der Waals surface area contributed by atoms with Gasteiger partial charge in [0, 0.05) is 0 Å². The predicted molar refractivity (Wildman–Crippen MR) is 210 cm³/mol. The summed E-state index contributed by atoms with van der Waals surface area (Å²) in [5.41, 5.74) is 8.34. The van der Waals surface area contributed by atoms with Crippen LogP contribution in [0.5, 0.6) is 0 Å². The van der Waals surface area contributed by atoms with Crippen LogP contribution in [0.25, 0.3) is 0 Å². The number of hydrogen-bond acceptors (Lipinski definition) is 5. The lowest BCUT2D eigenvalue weighted by Crippen LogP contribution is -2.04. The van der Waals surface area contributed by atoms with Crippen LogP contribution in [0.15, 0.2) is 92.7 Å². The van der Waals surface area contributed by atoms with Crippen molar-refractivity contribution < 1.29 is 41.1 Å². The van der Waals surface area contributed by atoms with Crippen molar-refractivity contribution >= 4 is 15.6 Å². The van der Waals surface area contributed by atoms with Gasteiger partial charge in [-0.05, 0) is 157 Å². The fraction of sp³-hybridized carbons (Fsp3) is 0.600. The van der Waals surface area contributed by atoms with Crippen LogP contribution in [0, 0.1) is 0 Å². The van der Waals surface area contributed by atoms with Gasteiger partial charge in [0.25, 0.3) is 0 Å². The Kier molecular flexibility index (Phi) is 25.7. The SMILES string of the molecule is CC(C)=CCC/C(C)=C/CC/C(C)=C/CC/C(C)=C(\F)COP(=O)(OC/C(F)=C(\C)CC/C=C(\C)CC/C=C(\C)CCC=C(C)C)OP(=O)(O)O. The minimum absolute atomic E-state index is 0.313. The van der Waals surface area contributed by atoms with Crippen molar-refractivity contribution in [3.8, 4) is 0 Å². The van der Waals surface area contributed by atoms with Crippen molar-refractivity contribution in [1.29, 1.82) is 0 Å². The van der Waals surface area contributed by atoms with E-state index in [1.807, 2.05) is 26.0 Å². The largest absolute Gasteiger partial charge is 0.484 e. The molecule has 0 spiro atoms. The molecule has 0 rings (SSSR count). The molecule has 292 valence electrons. The van der Waals surface area contributed by atoms with Gasteiger partial charge in [0.2, 0.25) is 0 Å². The van der Waals surface area contributed by atoms with E-state index < -0.39 is 40.5 Å². The van der Waals surface area contributed by atoms with Gasteiger partial charge in [0.05, 0.1) is 0 Å². The Morgan fingerprint density at radius 2 is 0.765 bits per heavy atom. The average molecular weight is 759 g/mol. The van der Waals surface area contributed by atoms with Crippen molar-refractivity contribution in [1.82, 2.24) is 0 Å². The van der Waals surface area contributed by atoms with Crippen LogP contribution in [0.2, 0.25) is 0 Å². The predicted octanol–water partition coefficient (Wildman–Crippen LogP) is 14.1. The van der Waals surface area contributed by atoms with Gasteiger partial charge in [-0.2, -0.15) is 4.31 Å². The summed E-state index contributed by atoms with van der Waals surface area (Å²) >= 11 is 0. The third-order valence-corrected chi connectivity index (χ3v) is 10.6. The van der Waals surface area contributed by atoms with Gasteiger partial charge in [0.15, 0.2) is 0 Å². The van der Waals surface area contributed by atoms with Crippen LogP contribution in [-0.4, -0.2) is 23.0 Å². The number of phosphoric ester groups is 1. The molecular weight excluding hydrogens is 692 g/mol. The van der Waals surface area contributed by atoms with E-state index >= 15 is 0 Å². The Balaban J connectivity index is 5.05. The van der Waals surface area contributed by atoms with Crippen LogP contribution >= 0.6 is 15.6 Å². The zero-order chi connectivity index (χ0) is 39.0. The molecule has 0 aromatic rings. The first kappa shape index (κ1) is 49.0. The molecule has 0 unspecified atom stereocenters. The molecule has 51 heavy (non-hydrogen) atoms. The first-order valence-electron chi connectivity index (χ1n) is 18.0. The molecule has 0 saturated heterocycles. The van der Waals surface area contributed by atoms with E-state index in [1.165, 1.54) is 33.4 Å². The fourth-order valence-corrected chi connectivity index (χ4v) is 6.79. The second-order valence-electron chi connectivity index (χ2n) is 13.9. The fourth-order valence-electron chi connectivity index (χ4n) is 4.75. The summed E-state index contributed by atoms with van der Waals surface area (Å²) in [6.07, 6.45) is 22.7. The van der Waals surface area contributed by atoms with Crippen LogP contribution in [0.1, 0.15) is 146 Å². The molecule has 0 aliphatic carbocycles. The molecule has 11 heteroatoms. The lowest BCUT2D eigenvalue weighted by atomic mass is 10.0. The molecule has 0 radical (unpaired) electrons. The molecule has 0 saturated carbocycles. The standard InChI is InChI=1S/C40H66F2O7P2/c1-31(2)17-11-19-33(5)21-13-23-35(7)25-15-27-37(9)39(41)29-47-51(46,49-50(43,44)45)48-30-40(42)38(10)28-16-26-36(8)24-14-22-34(6)20-12-18-32(3)4/h17-18,21-22,25-26H,11-16,19-20,23-24,27-30H2,1-10H3,(H2,43,44,45)/b33-21+,34-22+,35-25+,36-26+,39-37-,40-38-. The quantitative estimate of drug-likeness (QED) is 0.0669. The highest BCUT2D eigenvalue weighted by atomic mass is 31.3. The summed E-state index contributed by atoms with van der Waals surface area (Å²) in [5, 5.41) is 0. The summed E-state index contributed by atoms with van der Waals surface area (Å²) in [6, 6.07) is 0. The second-order valence-corrected chi connectivity index (χ2v) is 17.0. The molecule has 0 aliphatic heterocycles. The molecule has 0 heterocycles. The highest BCUT2D eigenvalue weighted by Crippen LogP contribution is 2.61. The van der Waals surface area contributed by atoms with Crippen molar-refractivity contribution in [2.24, 2.45) is 0 Å². The van der Waals surface area contributed by atoms with E-state index in [4.69, 9.17) is 9.05 Å². The minimum Gasteiger partial charge on any atom is -0.302 e. The van der Waals surface area contributed by atoms with Crippen molar-refractivity contribution in [2.45, 2.75) is 146 Å². The number of allylic oxidation sites excluding steroid dienone is 14. The topological polar surface area (TPSA) is 102 Å². The third kappa shape index (κ3) is 28.2. The second kappa shape index (κ2) is 26.7. The van der Waals surface area contributed by atoms with Crippen molar-refractivity contribution in [3.63, 3.8) is 0 Å². The molecule has 0 aromatic heterocycles. The maximum atomic E-state index is 14.9. The maximum absolute atomic E-state index is 14.9. The highest BCUT2D eigenvalue weighted by molar-refractivity contribution is 7.61. The van der Waals surface area contributed by atoms with Gasteiger partial charge in [-0.25, -0.2) is 17.9 Å². The number of phosphoric acid groups is 2. The average Bonchev–Trinajstić information content (AvgIpc) is 3.01. The van der Waals surface area contributed by atoms with E-state index in [2.05, 4.69) is 70.2 Å². The van der Waals surface area contributed by atoms with Gasteiger partial charge < -0.3 is 9.79 Å². The third-order valence-electron chi connectivity index (χ3n) is 8.10. The molecule has 0 aromatic carbocycles. The number of halogens is 2. The lowest BCUT2D eigenvalue weighted by molar-refractivity contribution is 0.144. The molecule has 7 nitrogen and oxygen atoms in total. The van der Waals surface area contributed by atoms with Gasteiger partial charge in [-0.1, -0.05) is 69.9 Å². The summed E-state index contributed by atoms with van der Waals surface area (Å²) < 4.78 is 68.3. The van der Waals surface area contributed by atoms with E-state index in [9.17, 15) is 27.7 Å². The molecule has 0 bridgehead atoms. The van der Waals surface area contributed by atoms with Gasteiger partial charge >= 0.3 is 15.6 Å². The zero-order valence-electron chi connectivity index (χ0n) is 32.9. The van der Waals surface area contributed by atoms with E-state index in [1.54, 1.807) is 13.8 Å². The molecular formula is C40H66F2O7P2. The minimum atomic E-state index is -5.38. The first-order chi connectivity index (χ1) is 23.7. The normalized spacial score (nSPS) is 15.6. The van der Waals surface area contributed by atoms with Crippen LogP contribution in [0.4, 0.5) is 8.78 Å². The van der Waals surface area contributed by atoms with Gasteiger partial charge in [0.1, 0.15) is 24.9 Å². The number of hydrogen-bond donors (Lipinski definition) is 2. The molecule has 0 aliphatic rings. The molecule has 0 atom stereocenters. The Morgan fingerprint density at radius 3 is 1.04 bits per heavy atom. The van der Waals surface area contributed by atoms with E-state index in [0.717, 1.165) is 51.4 Å². The van der Waals surface area contributed by atoms with Gasteiger partial charge in [-0.3, -0.25) is 9.05 Å². The van der Waals surface area contributed by atoms with Crippen LogP contribution in [-0.2, 0) is 22.5 Å². The van der Waals surface area contributed by atoms with Crippen molar-refractivity contribution in [3.05, 3.63) is 92.7 Å². The zero-order valence-corrected chi connectivity index (χ0v) is 34.7. The molecule has 0 fully saturated rings. The Bertz CT molecular complexity index is 1330. The summed E-state index contributed by atoms with van der Waals surface area (Å²) in [5.74, 6) is -1.56. The van der Waals surface area contributed by atoms with Crippen LogP contribution in [0.3, 0.4) is 0 Å². The Morgan fingerprint density at radius 1 is 0.490 bits per heavy atom. The van der Waals surface area contributed by atoms with E-state index in [0.29, 0.717) is 36.8 Å². The lowest BCUT2D eigenvalue weighted by Gasteiger charge is -2.18. The molecule has 0 amide bonds. The van der Waals surface area contributed by atoms with Crippen molar-refractivity contribution in [2.75, 3.05) is 13.2 Å².